The molecule has 0 aliphatic heterocycles. The Kier molecular flexibility index (Phi) is 4.94. The van der Waals surface area contributed by atoms with Gasteiger partial charge in [0.2, 0.25) is 5.91 Å². The second kappa shape index (κ2) is 6.89. The molecular formula is C18H20N2O2. The van der Waals surface area contributed by atoms with Crippen LogP contribution in [0.1, 0.15) is 37.4 Å². The summed E-state index contributed by atoms with van der Waals surface area (Å²) in [6.07, 6.45) is 0.764. The molecule has 0 spiro atoms. The number of benzene rings is 2. The summed E-state index contributed by atoms with van der Waals surface area (Å²) >= 11 is 0. The third kappa shape index (κ3) is 3.52. The Hall–Kier alpha value is -2.62. The first-order chi connectivity index (χ1) is 10.5. The summed E-state index contributed by atoms with van der Waals surface area (Å²) in [4.78, 5) is 23.8. The van der Waals surface area contributed by atoms with E-state index in [1.807, 2.05) is 37.3 Å². The van der Waals surface area contributed by atoms with E-state index in [0.29, 0.717) is 23.2 Å². The molecule has 0 heterocycles. The summed E-state index contributed by atoms with van der Waals surface area (Å²) in [6, 6.07) is 13.4. The molecule has 114 valence electrons. The molecule has 0 fully saturated rings. The maximum atomic E-state index is 12.3. The van der Waals surface area contributed by atoms with Gasteiger partial charge in [-0.05, 0) is 43.0 Å². The molecule has 0 radical (unpaired) electrons. The fourth-order valence-electron chi connectivity index (χ4n) is 2.53. The van der Waals surface area contributed by atoms with Crippen LogP contribution in [-0.2, 0) is 6.42 Å². The topological polar surface area (TPSA) is 72.2 Å². The second-order valence-corrected chi connectivity index (χ2v) is 5.29. The van der Waals surface area contributed by atoms with Crippen LogP contribution < -0.4 is 11.1 Å². The van der Waals surface area contributed by atoms with Crippen LogP contribution in [0.15, 0.2) is 42.5 Å². The van der Waals surface area contributed by atoms with E-state index in [9.17, 15) is 9.59 Å². The van der Waals surface area contributed by atoms with Crippen molar-refractivity contribution in [3.63, 3.8) is 0 Å². The quantitative estimate of drug-likeness (QED) is 0.889. The van der Waals surface area contributed by atoms with E-state index in [1.54, 1.807) is 19.1 Å². The summed E-state index contributed by atoms with van der Waals surface area (Å²) in [5, 5.41) is 2.88. The van der Waals surface area contributed by atoms with Crippen molar-refractivity contribution in [3.05, 3.63) is 70.3 Å². The van der Waals surface area contributed by atoms with Crippen molar-refractivity contribution in [2.24, 2.45) is 5.73 Å². The molecule has 2 aromatic rings. The van der Waals surface area contributed by atoms with E-state index in [2.05, 4.69) is 5.32 Å². The number of nitrogens with two attached hydrogens (primary N) is 1. The highest BCUT2D eigenvalue weighted by Gasteiger charge is 2.16. The molecule has 0 aromatic heterocycles. The SMILES string of the molecule is Cc1ccc(C(=O)NCCc2ccccc2)c(C)c1C(N)=O. The van der Waals surface area contributed by atoms with E-state index >= 15 is 0 Å². The standard InChI is InChI=1S/C18H20N2O2/c1-12-8-9-15(13(2)16(12)17(19)21)18(22)20-11-10-14-6-4-3-5-7-14/h3-9H,10-11H2,1-2H3,(H2,19,21)(H,20,22). The third-order valence-electron chi connectivity index (χ3n) is 3.71. The summed E-state index contributed by atoms with van der Waals surface area (Å²) in [5.41, 5.74) is 8.89. The minimum Gasteiger partial charge on any atom is -0.366 e. The highest BCUT2D eigenvalue weighted by atomic mass is 16.2. The summed E-state index contributed by atoms with van der Waals surface area (Å²) in [5.74, 6) is -0.690. The average Bonchev–Trinajstić information content (AvgIpc) is 2.48. The molecule has 0 aliphatic carbocycles. The van der Waals surface area contributed by atoms with Crippen molar-refractivity contribution >= 4 is 11.8 Å². The zero-order valence-corrected chi connectivity index (χ0v) is 12.8. The van der Waals surface area contributed by atoms with Crippen LogP contribution in [0, 0.1) is 13.8 Å². The Morgan fingerprint density at radius 3 is 2.36 bits per heavy atom. The van der Waals surface area contributed by atoms with Gasteiger partial charge in [-0.1, -0.05) is 36.4 Å². The molecule has 2 aromatic carbocycles. The maximum absolute atomic E-state index is 12.3. The third-order valence-corrected chi connectivity index (χ3v) is 3.71. The van der Waals surface area contributed by atoms with E-state index in [0.717, 1.165) is 12.0 Å². The Morgan fingerprint density at radius 2 is 1.73 bits per heavy atom. The highest BCUT2D eigenvalue weighted by molar-refractivity contribution is 6.02. The zero-order valence-electron chi connectivity index (χ0n) is 12.8. The average molecular weight is 296 g/mol. The number of carbonyl (C=O) groups excluding carboxylic acids is 2. The predicted molar refractivity (Wildman–Crippen MR) is 86.9 cm³/mol. The monoisotopic (exact) mass is 296 g/mol. The Labute approximate surface area is 130 Å². The lowest BCUT2D eigenvalue weighted by Gasteiger charge is -2.12. The molecule has 0 bridgehead atoms. The van der Waals surface area contributed by atoms with Gasteiger partial charge >= 0.3 is 0 Å². The molecule has 0 aliphatic rings. The minimum atomic E-state index is -0.506. The molecule has 2 rings (SSSR count). The van der Waals surface area contributed by atoms with Gasteiger partial charge in [-0.2, -0.15) is 0 Å². The molecule has 0 atom stereocenters. The van der Waals surface area contributed by atoms with E-state index < -0.39 is 5.91 Å². The summed E-state index contributed by atoms with van der Waals surface area (Å²) in [7, 11) is 0. The number of primary amides is 1. The van der Waals surface area contributed by atoms with Gasteiger partial charge in [0.05, 0.1) is 0 Å². The first-order valence-corrected chi connectivity index (χ1v) is 7.23. The van der Waals surface area contributed by atoms with Gasteiger partial charge in [-0.3, -0.25) is 9.59 Å². The number of hydrogen-bond acceptors (Lipinski definition) is 2. The number of hydrogen-bond donors (Lipinski definition) is 2. The Morgan fingerprint density at radius 1 is 1.05 bits per heavy atom. The summed E-state index contributed by atoms with van der Waals surface area (Å²) < 4.78 is 0. The molecule has 2 amide bonds. The normalized spacial score (nSPS) is 10.3. The van der Waals surface area contributed by atoms with Crippen LogP contribution >= 0.6 is 0 Å². The molecule has 3 N–H and O–H groups in total. The fraction of sp³-hybridized carbons (Fsp3) is 0.222. The molecular weight excluding hydrogens is 276 g/mol. The lowest BCUT2D eigenvalue weighted by Crippen LogP contribution is -2.27. The largest absolute Gasteiger partial charge is 0.366 e. The van der Waals surface area contributed by atoms with Crippen LogP contribution in [0.4, 0.5) is 0 Å². The Bertz CT molecular complexity index is 694. The number of rotatable bonds is 5. The van der Waals surface area contributed by atoms with Gasteiger partial charge in [0.25, 0.3) is 5.91 Å². The van der Waals surface area contributed by atoms with Gasteiger partial charge in [0.1, 0.15) is 0 Å². The molecule has 0 saturated heterocycles. The smallest absolute Gasteiger partial charge is 0.251 e. The van der Waals surface area contributed by atoms with Crippen LogP contribution in [0.2, 0.25) is 0 Å². The number of nitrogens with one attached hydrogen (secondary N) is 1. The predicted octanol–water partition coefficient (Wildman–Crippen LogP) is 2.37. The number of carbonyl (C=O) groups is 2. The van der Waals surface area contributed by atoms with Crippen molar-refractivity contribution in [1.29, 1.82) is 0 Å². The zero-order chi connectivity index (χ0) is 16.1. The van der Waals surface area contributed by atoms with Gasteiger partial charge in [0.15, 0.2) is 0 Å². The number of aryl methyl sites for hydroxylation is 1. The van der Waals surface area contributed by atoms with Crippen molar-refractivity contribution in [2.75, 3.05) is 6.54 Å². The molecule has 22 heavy (non-hydrogen) atoms. The van der Waals surface area contributed by atoms with Crippen molar-refractivity contribution in [3.8, 4) is 0 Å². The summed E-state index contributed by atoms with van der Waals surface area (Å²) in [6.45, 7) is 4.10. The van der Waals surface area contributed by atoms with Crippen molar-refractivity contribution in [1.82, 2.24) is 5.32 Å². The molecule has 0 unspecified atom stereocenters. The van der Waals surface area contributed by atoms with Crippen molar-refractivity contribution < 1.29 is 9.59 Å². The van der Waals surface area contributed by atoms with Crippen molar-refractivity contribution in [2.45, 2.75) is 20.3 Å². The molecule has 4 heteroatoms. The van der Waals surface area contributed by atoms with Crippen LogP contribution in [0.25, 0.3) is 0 Å². The van der Waals surface area contributed by atoms with Gasteiger partial charge in [0, 0.05) is 17.7 Å². The lowest BCUT2D eigenvalue weighted by molar-refractivity contribution is 0.0953. The maximum Gasteiger partial charge on any atom is 0.251 e. The minimum absolute atomic E-state index is 0.184. The molecule has 4 nitrogen and oxygen atoms in total. The highest BCUT2D eigenvalue weighted by Crippen LogP contribution is 2.17. The van der Waals surface area contributed by atoms with Crippen LogP contribution in [0.5, 0.6) is 0 Å². The van der Waals surface area contributed by atoms with E-state index in [-0.39, 0.29) is 5.91 Å². The van der Waals surface area contributed by atoms with E-state index in [4.69, 9.17) is 5.73 Å². The second-order valence-electron chi connectivity index (χ2n) is 5.29. The fourth-order valence-corrected chi connectivity index (χ4v) is 2.53. The van der Waals surface area contributed by atoms with Gasteiger partial charge < -0.3 is 11.1 Å². The van der Waals surface area contributed by atoms with Crippen LogP contribution in [0.3, 0.4) is 0 Å². The lowest BCUT2D eigenvalue weighted by atomic mass is 9.96. The van der Waals surface area contributed by atoms with Gasteiger partial charge in [-0.15, -0.1) is 0 Å². The Balaban J connectivity index is 2.07. The first kappa shape index (κ1) is 15.8. The van der Waals surface area contributed by atoms with E-state index in [1.165, 1.54) is 5.56 Å². The van der Waals surface area contributed by atoms with Gasteiger partial charge in [-0.25, -0.2) is 0 Å². The first-order valence-electron chi connectivity index (χ1n) is 7.23. The molecule has 0 saturated carbocycles. The number of amides is 2. The van der Waals surface area contributed by atoms with Crippen LogP contribution in [-0.4, -0.2) is 18.4 Å².